The van der Waals surface area contributed by atoms with Gasteiger partial charge < -0.3 is 0 Å². The van der Waals surface area contributed by atoms with Crippen LogP contribution in [0.4, 0.5) is 13.2 Å². The van der Waals surface area contributed by atoms with Gasteiger partial charge in [0.25, 0.3) is 0 Å². The third-order valence-electron chi connectivity index (χ3n) is 2.62. The summed E-state index contributed by atoms with van der Waals surface area (Å²) in [7, 11) is 0. The summed E-state index contributed by atoms with van der Waals surface area (Å²) in [5.74, 6) is 0.124. The Morgan fingerprint density at radius 3 is 2.20 bits per heavy atom. The minimum atomic E-state index is -4.28. The van der Waals surface area contributed by atoms with Gasteiger partial charge in [-0.1, -0.05) is 12.1 Å². The van der Waals surface area contributed by atoms with Gasteiger partial charge in [-0.25, -0.2) is 0 Å². The lowest BCUT2D eigenvalue weighted by Crippen LogP contribution is -2.04. The van der Waals surface area contributed by atoms with Crippen LogP contribution in [0.25, 0.3) is 0 Å². The largest absolute Gasteiger partial charge is 0.416 e. The van der Waals surface area contributed by atoms with Crippen molar-refractivity contribution in [3.05, 3.63) is 35.4 Å². The molecule has 0 N–H and O–H groups in total. The summed E-state index contributed by atoms with van der Waals surface area (Å²) in [4.78, 5) is 0. The average Bonchev–Trinajstić information content (AvgIpc) is 2.95. The minimum absolute atomic E-state index is 0.0123. The molecule has 1 aliphatic carbocycles. The van der Waals surface area contributed by atoms with Crippen LogP contribution >= 0.6 is 0 Å². The zero-order valence-corrected chi connectivity index (χ0v) is 7.75. The van der Waals surface area contributed by atoms with Gasteiger partial charge in [-0.05, 0) is 24.1 Å². The van der Waals surface area contributed by atoms with Gasteiger partial charge in [0.15, 0.2) is 0 Å². The number of hydrogen-bond acceptors (Lipinski definition) is 1. The van der Waals surface area contributed by atoms with Crippen LogP contribution in [-0.4, -0.2) is 0 Å². The van der Waals surface area contributed by atoms with E-state index in [1.807, 2.05) is 0 Å². The Kier molecular flexibility index (Phi) is 2.18. The van der Waals surface area contributed by atoms with E-state index in [4.69, 9.17) is 5.26 Å². The molecule has 0 spiro atoms. The maximum absolute atomic E-state index is 12.2. The highest BCUT2D eigenvalue weighted by molar-refractivity contribution is 5.32. The summed E-state index contributed by atoms with van der Waals surface area (Å²) in [6, 6.07) is 7.18. The van der Waals surface area contributed by atoms with Crippen molar-refractivity contribution in [2.75, 3.05) is 0 Å². The van der Waals surface area contributed by atoms with Crippen molar-refractivity contribution in [1.82, 2.24) is 0 Å². The Morgan fingerprint density at radius 2 is 1.80 bits per heavy atom. The van der Waals surface area contributed by atoms with Crippen molar-refractivity contribution in [3.63, 3.8) is 0 Å². The molecule has 1 aromatic rings. The van der Waals surface area contributed by atoms with Crippen molar-refractivity contribution in [2.24, 2.45) is 5.92 Å². The van der Waals surface area contributed by atoms with Crippen LogP contribution in [0.5, 0.6) is 0 Å². The number of hydrogen-bond donors (Lipinski definition) is 0. The lowest BCUT2D eigenvalue weighted by molar-refractivity contribution is -0.137. The molecule has 0 radical (unpaired) electrons. The Bertz CT molecular complexity index is 399. The van der Waals surface area contributed by atoms with E-state index in [1.54, 1.807) is 0 Å². The molecule has 2 rings (SSSR count). The van der Waals surface area contributed by atoms with Crippen molar-refractivity contribution < 1.29 is 13.2 Å². The van der Waals surface area contributed by atoms with Crippen molar-refractivity contribution >= 4 is 0 Å². The number of benzene rings is 1. The first-order valence-corrected chi connectivity index (χ1v) is 4.59. The van der Waals surface area contributed by atoms with Gasteiger partial charge in [0.05, 0.1) is 17.6 Å². The molecule has 2 atom stereocenters. The van der Waals surface area contributed by atoms with E-state index in [1.165, 1.54) is 12.1 Å². The van der Waals surface area contributed by atoms with Gasteiger partial charge in [0.1, 0.15) is 0 Å². The van der Waals surface area contributed by atoms with E-state index in [-0.39, 0.29) is 11.8 Å². The molecule has 1 aliphatic rings. The van der Waals surface area contributed by atoms with Crippen LogP contribution in [0.15, 0.2) is 24.3 Å². The summed E-state index contributed by atoms with van der Waals surface area (Å²) in [5.41, 5.74) is 0.190. The molecule has 0 saturated heterocycles. The topological polar surface area (TPSA) is 23.8 Å². The molecular weight excluding hydrogens is 203 g/mol. The molecule has 1 aromatic carbocycles. The molecule has 1 saturated carbocycles. The van der Waals surface area contributed by atoms with E-state index in [0.29, 0.717) is 0 Å². The van der Waals surface area contributed by atoms with Crippen molar-refractivity contribution in [1.29, 1.82) is 5.26 Å². The number of nitrogens with zero attached hydrogens (tertiary/aromatic N) is 1. The molecule has 1 fully saturated rings. The van der Waals surface area contributed by atoms with Gasteiger partial charge in [0.2, 0.25) is 0 Å². The molecule has 1 nitrogen and oxygen atoms in total. The fourth-order valence-electron chi connectivity index (χ4n) is 1.63. The molecule has 4 heteroatoms. The predicted molar refractivity (Wildman–Crippen MR) is 47.9 cm³/mol. The molecule has 2 unspecified atom stereocenters. The molecule has 0 bridgehead atoms. The fraction of sp³-hybridized carbons (Fsp3) is 0.364. The third kappa shape index (κ3) is 1.96. The molecule has 78 valence electrons. The van der Waals surface area contributed by atoms with E-state index in [9.17, 15) is 13.2 Å². The predicted octanol–water partition coefficient (Wildman–Crippen LogP) is 3.33. The Balaban J connectivity index is 2.16. The van der Waals surface area contributed by atoms with Gasteiger partial charge in [0, 0.05) is 5.92 Å². The maximum Gasteiger partial charge on any atom is 0.416 e. The smallest absolute Gasteiger partial charge is 0.198 e. The van der Waals surface area contributed by atoms with Crippen LogP contribution < -0.4 is 0 Å². The van der Waals surface area contributed by atoms with Crippen LogP contribution in [0.1, 0.15) is 23.5 Å². The second kappa shape index (κ2) is 3.27. The number of nitriles is 1. The van der Waals surface area contributed by atoms with E-state index in [2.05, 4.69) is 6.07 Å². The Hall–Kier alpha value is -1.50. The highest BCUT2D eigenvalue weighted by Gasteiger charge is 2.39. The first-order chi connectivity index (χ1) is 7.02. The number of rotatable bonds is 1. The minimum Gasteiger partial charge on any atom is -0.198 e. The normalized spacial score (nSPS) is 24.7. The van der Waals surface area contributed by atoms with Crippen molar-refractivity contribution in [3.8, 4) is 6.07 Å². The van der Waals surface area contributed by atoms with Crippen LogP contribution in [0.2, 0.25) is 0 Å². The van der Waals surface area contributed by atoms with Gasteiger partial charge >= 0.3 is 6.18 Å². The molecule has 15 heavy (non-hydrogen) atoms. The van der Waals surface area contributed by atoms with Crippen molar-refractivity contribution in [2.45, 2.75) is 18.5 Å². The summed E-state index contributed by atoms with van der Waals surface area (Å²) in [6.07, 6.45) is -3.52. The third-order valence-corrected chi connectivity index (χ3v) is 2.62. The van der Waals surface area contributed by atoms with Gasteiger partial charge in [-0.2, -0.15) is 18.4 Å². The lowest BCUT2D eigenvalue weighted by atomic mass is 10.1. The second-order valence-corrected chi connectivity index (χ2v) is 3.70. The zero-order chi connectivity index (χ0) is 11.1. The first kappa shape index (κ1) is 10.0. The van der Waals surface area contributed by atoms with Gasteiger partial charge in [-0.15, -0.1) is 0 Å². The summed E-state index contributed by atoms with van der Waals surface area (Å²) >= 11 is 0. The molecule has 0 aromatic heterocycles. The standard InChI is InChI=1S/C11H8F3N/c12-11(13,14)9-3-1-7(2-4-9)10-5-8(10)6-15/h1-4,8,10H,5H2. The summed E-state index contributed by atoms with van der Waals surface area (Å²) in [5, 5.41) is 8.59. The summed E-state index contributed by atoms with van der Waals surface area (Å²) < 4.78 is 36.7. The molecule has 0 heterocycles. The monoisotopic (exact) mass is 211 g/mol. The first-order valence-electron chi connectivity index (χ1n) is 4.59. The highest BCUT2D eigenvalue weighted by Crippen LogP contribution is 2.47. The summed E-state index contributed by atoms with van der Waals surface area (Å²) in [6.45, 7) is 0. The lowest BCUT2D eigenvalue weighted by Gasteiger charge is -2.06. The Morgan fingerprint density at radius 1 is 1.20 bits per heavy atom. The quantitative estimate of drug-likeness (QED) is 0.698. The van der Waals surface area contributed by atoms with E-state index < -0.39 is 11.7 Å². The van der Waals surface area contributed by atoms with Crippen LogP contribution in [-0.2, 0) is 6.18 Å². The number of halogens is 3. The van der Waals surface area contributed by atoms with E-state index >= 15 is 0 Å². The molecule has 0 amide bonds. The average molecular weight is 211 g/mol. The maximum atomic E-state index is 12.2. The SMILES string of the molecule is N#CC1CC1c1ccc(C(F)(F)F)cc1. The van der Waals surface area contributed by atoms with E-state index in [0.717, 1.165) is 24.1 Å². The fourth-order valence-corrected chi connectivity index (χ4v) is 1.63. The zero-order valence-electron chi connectivity index (χ0n) is 7.75. The molecule has 0 aliphatic heterocycles. The Labute approximate surface area is 85.1 Å². The number of alkyl halides is 3. The highest BCUT2D eigenvalue weighted by atomic mass is 19.4. The van der Waals surface area contributed by atoms with Crippen LogP contribution in [0, 0.1) is 17.2 Å². The van der Waals surface area contributed by atoms with Gasteiger partial charge in [-0.3, -0.25) is 0 Å². The molecular formula is C11H8F3N. The second-order valence-electron chi connectivity index (χ2n) is 3.70. The van der Waals surface area contributed by atoms with Crippen LogP contribution in [0.3, 0.4) is 0 Å².